The Hall–Kier alpha value is -3.32. The summed E-state index contributed by atoms with van der Waals surface area (Å²) in [7, 11) is 0. The summed E-state index contributed by atoms with van der Waals surface area (Å²) in [6.45, 7) is 11.0. The molecule has 1 unspecified atom stereocenters. The fourth-order valence-electron chi connectivity index (χ4n) is 4.23. The van der Waals surface area contributed by atoms with Gasteiger partial charge in [0.05, 0.1) is 23.8 Å². The van der Waals surface area contributed by atoms with E-state index >= 15 is 0 Å². The molecular formula is C27H34N2O5. The van der Waals surface area contributed by atoms with Gasteiger partial charge >= 0.3 is 0 Å². The van der Waals surface area contributed by atoms with Gasteiger partial charge in [-0.3, -0.25) is 9.59 Å². The molecule has 2 aromatic carbocycles. The van der Waals surface area contributed by atoms with Crippen LogP contribution in [0.5, 0.6) is 11.5 Å². The minimum absolute atomic E-state index is 0.0295. The minimum atomic E-state index is -0.791. The van der Waals surface area contributed by atoms with Gasteiger partial charge in [-0.05, 0) is 56.3 Å². The lowest BCUT2D eigenvalue weighted by molar-refractivity contribution is -0.140. The average molecular weight is 467 g/mol. The number of phenolic OH excluding ortho intramolecular Hbond substituents is 1. The van der Waals surface area contributed by atoms with E-state index in [1.54, 1.807) is 18.2 Å². The van der Waals surface area contributed by atoms with E-state index in [-0.39, 0.29) is 22.6 Å². The van der Waals surface area contributed by atoms with Gasteiger partial charge in [-0.2, -0.15) is 0 Å². The Labute approximate surface area is 201 Å². The predicted octanol–water partition coefficient (Wildman–Crippen LogP) is 4.25. The average Bonchev–Trinajstić information content (AvgIpc) is 3.09. The van der Waals surface area contributed by atoms with Gasteiger partial charge < -0.3 is 24.7 Å². The summed E-state index contributed by atoms with van der Waals surface area (Å²) in [5.74, 6) is -1.33. The number of nitrogens with zero attached hydrogens (tertiary/aromatic N) is 2. The number of carbonyl (C=O) groups excluding carboxylic acids is 2. The first kappa shape index (κ1) is 25.3. The van der Waals surface area contributed by atoms with Crippen LogP contribution in [-0.2, 0) is 9.59 Å². The van der Waals surface area contributed by atoms with Crippen molar-refractivity contribution in [2.75, 3.05) is 32.8 Å². The lowest BCUT2D eigenvalue weighted by Gasteiger charge is -2.28. The maximum absolute atomic E-state index is 13.2. The number of aromatic hydroxyl groups is 1. The summed E-state index contributed by atoms with van der Waals surface area (Å²) < 4.78 is 5.78. The molecule has 0 bridgehead atoms. The van der Waals surface area contributed by atoms with Crippen molar-refractivity contribution < 1.29 is 24.5 Å². The molecule has 1 saturated heterocycles. The van der Waals surface area contributed by atoms with Gasteiger partial charge in [0.1, 0.15) is 17.3 Å². The summed E-state index contributed by atoms with van der Waals surface area (Å²) in [6.07, 6.45) is 0.846. The monoisotopic (exact) mass is 466 g/mol. The van der Waals surface area contributed by atoms with Crippen molar-refractivity contribution in [3.8, 4) is 11.5 Å². The highest BCUT2D eigenvalue weighted by molar-refractivity contribution is 6.46. The largest absolute Gasteiger partial charge is 0.507 e. The number of carbonyl (C=O) groups is 2. The van der Waals surface area contributed by atoms with E-state index in [1.807, 2.05) is 45.9 Å². The topological polar surface area (TPSA) is 90.3 Å². The molecule has 1 amide bonds. The molecule has 34 heavy (non-hydrogen) atoms. The zero-order valence-corrected chi connectivity index (χ0v) is 20.4. The first-order valence-electron chi connectivity index (χ1n) is 11.9. The number of likely N-dealkylation sites (tertiary alicyclic amines) is 1. The number of aliphatic hydroxyl groups is 1. The number of amides is 1. The zero-order valence-electron chi connectivity index (χ0n) is 20.4. The molecule has 1 fully saturated rings. The van der Waals surface area contributed by atoms with Crippen molar-refractivity contribution >= 4 is 17.4 Å². The molecule has 0 saturated carbocycles. The van der Waals surface area contributed by atoms with E-state index in [2.05, 4.69) is 4.90 Å². The van der Waals surface area contributed by atoms with Crippen molar-refractivity contribution in [1.29, 1.82) is 0 Å². The van der Waals surface area contributed by atoms with Crippen LogP contribution in [0.25, 0.3) is 5.76 Å². The fraction of sp³-hybridized carbons (Fsp3) is 0.407. The molecule has 2 aromatic rings. The number of phenols is 1. The zero-order chi connectivity index (χ0) is 24.8. The standard InChI is InChI=1S/C27H34N2O5/c1-5-15-34-20-10-8-9-19(17-20)24-23(25(31)21-16-18(4)11-12-22(21)30)26(32)27(33)29(24)14-13-28(6-2)7-3/h8-12,16-17,24,30-31H,5-7,13-15H2,1-4H3/b25-23+. The summed E-state index contributed by atoms with van der Waals surface area (Å²) in [4.78, 5) is 30.0. The highest BCUT2D eigenvalue weighted by Crippen LogP contribution is 2.41. The summed E-state index contributed by atoms with van der Waals surface area (Å²) in [6, 6.07) is 11.3. The van der Waals surface area contributed by atoms with Crippen LogP contribution in [0.15, 0.2) is 48.0 Å². The Kier molecular flexibility index (Phi) is 8.34. The number of aryl methyl sites for hydroxylation is 1. The first-order valence-corrected chi connectivity index (χ1v) is 11.9. The fourth-order valence-corrected chi connectivity index (χ4v) is 4.23. The van der Waals surface area contributed by atoms with E-state index in [0.29, 0.717) is 31.0 Å². The van der Waals surface area contributed by atoms with Crippen LogP contribution in [0.4, 0.5) is 0 Å². The van der Waals surface area contributed by atoms with Crippen LogP contribution in [0.2, 0.25) is 0 Å². The molecule has 3 rings (SSSR count). The van der Waals surface area contributed by atoms with Crippen molar-refractivity contribution in [3.63, 3.8) is 0 Å². The molecule has 182 valence electrons. The third kappa shape index (κ3) is 5.25. The molecule has 7 nitrogen and oxygen atoms in total. The molecule has 0 aromatic heterocycles. The third-order valence-electron chi connectivity index (χ3n) is 6.15. The summed E-state index contributed by atoms with van der Waals surface area (Å²) in [5.41, 5.74) is 1.57. The predicted molar refractivity (Wildman–Crippen MR) is 132 cm³/mol. The smallest absolute Gasteiger partial charge is 0.295 e. The number of benzene rings is 2. The second-order valence-corrected chi connectivity index (χ2v) is 8.46. The van der Waals surface area contributed by atoms with Crippen LogP contribution in [0.1, 0.15) is 49.9 Å². The van der Waals surface area contributed by atoms with E-state index in [4.69, 9.17) is 4.74 Å². The maximum Gasteiger partial charge on any atom is 0.295 e. The van der Waals surface area contributed by atoms with Crippen LogP contribution >= 0.6 is 0 Å². The third-order valence-corrected chi connectivity index (χ3v) is 6.15. The molecule has 7 heteroatoms. The molecule has 1 atom stereocenters. The maximum atomic E-state index is 13.2. The van der Waals surface area contributed by atoms with E-state index < -0.39 is 17.7 Å². The number of hydrogen-bond acceptors (Lipinski definition) is 6. The van der Waals surface area contributed by atoms with Crippen molar-refractivity contribution in [2.24, 2.45) is 0 Å². The molecule has 1 heterocycles. The van der Waals surface area contributed by atoms with Crippen LogP contribution in [-0.4, -0.2) is 64.5 Å². The molecular weight excluding hydrogens is 432 g/mol. The lowest BCUT2D eigenvalue weighted by atomic mass is 9.94. The Bertz CT molecular complexity index is 1070. The van der Waals surface area contributed by atoms with Crippen LogP contribution < -0.4 is 4.74 Å². The number of Topliss-reactive ketones (excluding diaryl/α,β-unsaturated/α-hetero) is 1. The number of hydrogen-bond donors (Lipinski definition) is 2. The molecule has 0 radical (unpaired) electrons. The Morgan fingerprint density at radius 2 is 1.82 bits per heavy atom. The SMILES string of the molecule is CCCOc1cccc(C2/C(=C(\O)c3cc(C)ccc3O)C(=O)C(=O)N2CCN(CC)CC)c1. The first-order chi connectivity index (χ1) is 16.3. The van der Waals surface area contributed by atoms with E-state index in [9.17, 15) is 19.8 Å². The number of ketones is 1. The Balaban J connectivity index is 2.14. The van der Waals surface area contributed by atoms with Crippen LogP contribution in [0, 0.1) is 6.92 Å². The van der Waals surface area contributed by atoms with Gasteiger partial charge in [-0.1, -0.05) is 44.5 Å². The van der Waals surface area contributed by atoms with Crippen molar-refractivity contribution in [1.82, 2.24) is 9.80 Å². The number of rotatable bonds is 10. The molecule has 1 aliphatic rings. The van der Waals surface area contributed by atoms with Gasteiger partial charge in [-0.25, -0.2) is 0 Å². The highest BCUT2D eigenvalue weighted by atomic mass is 16.5. The summed E-state index contributed by atoms with van der Waals surface area (Å²) >= 11 is 0. The van der Waals surface area contributed by atoms with E-state index in [0.717, 1.165) is 25.1 Å². The number of ether oxygens (including phenoxy) is 1. The highest BCUT2D eigenvalue weighted by Gasteiger charge is 2.46. The second-order valence-electron chi connectivity index (χ2n) is 8.46. The molecule has 1 aliphatic heterocycles. The molecule has 2 N–H and O–H groups in total. The normalized spacial score (nSPS) is 17.6. The van der Waals surface area contributed by atoms with Gasteiger partial charge in [-0.15, -0.1) is 0 Å². The van der Waals surface area contributed by atoms with Gasteiger partial charge in [0, 0.05) is 13.1 Å². The van der Waals surface area contributed by atoms with Gasteiger partial charge in [0.25, 0.3) is 11.7 Å². The van der Waals surface area contributed by atoms with Crippen molar-refractivity contribution in [3.05, 3.63) is 64.7 Å². The Morgan fingerprint density at radius 3 is 2.50 bits per heavy atom. The minimum Gasteiger partial charge on any atom is -0.507 e. The molecule has 0 aliphatic carbocycles. The van der Waals surface area contributed by atoms with Crippen LogP contribution in [0.3, 0.4) is 0 Å². The summed E-state index contributed by atoms with van der Waals surface area (Å²) in [5, 5.41) is 21.6. The van der Waals surface area contributed by atoms with E-state index in [1.165, 1.54) is 11.0 Å². The number of aliphatic hydroxyl groups excluding tert-OH is 1. The quantitative estimate of drug-likeness (QED) is 0.309. The Morgan fingerprint density at radius 1 is 1.09 bits per heavy atom. The number of likely N-dealkylation sites (N-methyl/N-ethyl adjacent to an activating group) is 1. The van der Waals surface area contributed by atoms with Gasteiger partial charge in [0.2, 0.25) is 0 Å². The van der Waals surface area contributed by atoms with Crippen molar-refractivity contribution in [2.45, 2.75) is 40.2 Å². The second kappa shape index (κ2) is 11.2. The lowest BCUT2D eigenvalue weighted by Crippen LogP contribution is -2.38. The molecule has 0 spiro atoms. The van der Waals surface area contributed by atoms with Gasteiger partial charge in [0.15, 0.2) is 0 Å².